The third kappa shape index (κ3) is 4.85. The van der Waals surface area contributed by atoms with E-state index in [-0.39, 0.29) is 6.61 Å². The van der Waals surface area contributed by atoms with Gasteiger partial charge in [0.25, 0.3) is 0 Å². The van der Waals surface area contributed by atoms with Gasteiger partial charge in [0.2, 0.25) is 0 Å². The molecule has 1 atom stereocenters. The Labute approximate surface area is 216 Å². The molecular weight excluding hydrogens is 476 g/mol. The van der Waals surface area contributed by atoms with E-state index in [1.54, 1.807) is 23.1 Å². The van der Waals surface area contributed by atoms with E-state index in [1.807, 2.05) is 37.4 Å². The maximum atomic E-state index is 10.0. The van der Waals surface area contributed by atoms with Crippen LogP contribution in [0.15, 0.2) is 54.0 Å². The van der Waals surface area contributed by atoms with Crippen molar-refractivity contribution in [2.75, 3.05) is 26.7 Å². The van der Waals surface area contributed by atoms with Crippen LogP contribution in [0.2, 0.25) is 5.02 Å². The lowest BCUT2D eigenvalue weighted by atomic mass is 9.60. The van der Waals surface area contributed by atoms with Crippen LogP contribution in [0.4, 0.5) is 0 Å². The molecule has 1 aliphatic heterocycles. The summed E-state index contributed by atoms with van der Waals surface area (Å²) in [5.74, 6) is 0.487. The predicted molar refractivity (Wildman–Crippen MR) is 142 cm³/mol. The summed E-state index contributed by atoms with van der Waals surface area (Å²) < 4.78 is 7.92. The fourth-order valence-electron chi connectivity index (χ4n) is 5.50. The van der Waals surface area contributed by atoms with Gasteiger partial charge >= 0.3 is 0 Å². The highest BCUT2D eigenvalue weighted by Crippen LogP contribution is 2.50. The minimum absolute atomic E-state index is 0.238. The zero-order valence-electron chi connectivity index (χ0n) is 20.8. The Kier molecular flexibility index (Phi) is 7.01. The van der Waals surface area contributed by atoms with Gasteiger partial charge in [-0.1, -0.05) is 17.7 Å². The van der Waals surface area contributed by atoms with Gasteiger partial charge < -0.3 is 20.5 Å². The number of piperidine rings is 1. The number of nitrogens with two attached hydrogens (primary N) is 1. The predicted octanol–water partition coefficient (Wildman–Crippen LogP) is 4.13. The summed E-state index contributed by atoms with van der Waals surface area (Å²) >= 11 is 6.45. The summed E-state index contributed by atoms with van der Waals surface area (Å²) in [6.45, 7) is 4.11. The minimum atomic E-state index is -0.656. The summed E-state index contributed by atoms with van der Waals surface area (Å²) in [5.41, 5.74) is 10.3. The van der Waals surface area contributed by atoms with Crippen LogP contribution in [-0.4, -0.2) is 63.1 Å². The van der Waals surface area contributed by atoms with Crippen molar-refractivity contribution in [2.45, 2.75) is 44.8 Å². The highest BCUT2D eigenvalue weighted by molar-refractivity contribution is 6.34. The number of aliphatic imine (C=N–C) groups is 1. The second-order valence-corrected chi connectivity index (χ2v) is 10.5. The molecule has 190 valence electrons. The van der Waals surface area contributed by atoms with Crippen molar-refractivity contribution in [3.8, 4) is 5.75 Å². The Hall–Kier alpha value is -2.94. The quantitative estimate of drug-likeness (QED) is 0.465. The highest BCUT2D eigenvalue weighted by atomic mass is 35.5. The van der Waals surface area contributed by atoms with Crippen molar-refractivity contribution in [1.29, 1.82) is 0 Å². The molecule has 3 aromatic rings. The molecule has 1 saturated carbocycles. The first-order valence-electron chi connectivity index (χ1n) is 12.4. The van der Waals surface area contributed by atoms with Crippen molar-refractivity contribution in [2.24, 2.45) is 16.1 Å². The smallest absolute Gasteiger partial charge is 0.163 e. The van der Waals surface area contributed by atoms with Crippen molar-refractivity contribution in [1.82, 2.24) is 19.5 Å². The maximum absolute atomic E-state index is 10.0. The molecular formula is C27H33ClN6O2. The van der Waals surface area contributed by atoms with Gasteiger partial charge in [0.15, 0.2) is 6.10 Å². The molecule has 2 fully saturated rings. The third-order valence-electron chi connectivity index (χ3n) is 7.61. The van der Waals surface area contributed by atoms with Gasteiger partial charge in [-0.3, -0.25) is 9.98 Å². The first-order valence-corrected chi connectivity index (χ1v) is 12.8. The van der Waals surface area contributed by atoms with E-state index in [4.69, 9.17) is 27.1 Å². The van der Waals surface area contributed by atoms with Crippen molar-refractivity contribution in [3.63, 3.8) is 0 Å². The molecule has 0 aromatic carbocycles. The molecule has 5 rings (SSSR count). The number of aliphatic hydroxyl groups is 1. The third-order valence-corrected chi connectivity index (χ3v) is 7.89. The molecule has 4 heterocycles. The van der Waals surface area contributed by atoms with Crippen LogP contribution in [0.25, 0.3) is 11.1 Å². The Morgan fingerprint density at radius 1 is 1.36 bits per heavy atom. The molecule has 3 aromatic heterocycles. The Balaban J connectivity index is 1.41. The minimum Gasteiger partial charge on any atom is -0.479 e. The molecule has 0 radical (unpaired) electrons. The van der Waals surface area contributed by atoms with Crippen LogP contribution in [0.1, 0.15) is 50.0 Å². The van der Waals surface area contributed by atoms with Gasteiger partial charge in [0, 0.05) is 35.4 Å². The van der Waals surface area contributed by atoms with Crippen LogP contribution >= 0.6 is 11.6 Å². The molecule has 3 N–H and O–H groups in total. The Bertz CT molecular complexity index is 1270. The zero-order chi connectivity index (χ0) is 25.3. The molecule has 2 aliphatic rings. The largest absolute Gasteiger partial charge is 0.479 e. The van der Waals surface area contributed by atoms with Gasteiger partial charge in [0.05, 0.1) is 29.6 Å². The molecule has 0 amide bonds. The van der Waals surface area contributed by atoms with Crippen molar-refractivity contribution >= 4 is 28.4 Å². The molecule has 0 bridgehead atoms. The van der Waals surface area contributed by atoms with Gasteiger partial charge in [-0.05, 0) is 76.4 Å². The molecule has 8 nitrogen and oxygen atoms in total. The van der Waals surface area contributed by atoms with Gasteiger partial charge in [-0.15, -0.1) is 0 Å². The first-order chi connectivity index (χ1) is 17.4. The number of aromatic nitrogens is 3. The van der Waals surface area contributed by atoms with E-state index in [2.05, 4.69) is 22.0 Å². The molecule has 9 heteroatoms. The summed E-state index contributed by atoms with van der Waals surface area (Å²) in [4.78, 5) is 11.8. The highest BCUT2D eigenvalue weighted by Gasteiger charge is 2.45. The topological polar surface area (TPSA) is 101 Å². The number of allylic oxidation sites excluding steroid dienone is 1. The van der Waals surface area contributed by atoms with Gasteiger partial charge in [0.1, 0.15) is 11.3 Å². The van der Waals surface area contributed by atoms with E-state index < -0.39 is 6.10 Å². The van der Waals surface area contributed by atoms with Crippen molar-refractivity contribution in [3.05, 3.63) is 65.3 Å². The van der Waals surface area contributed by atoms with E-state index in [0.29, 0.717) is 33.4 Å². The average Bonchev–Trinajstić information content (AvgIpc) is 3.24. The molecule has 1 saturated heterocycles. The number of rotatable bonds is 7. The number of pyridine rings is 2. The number of hydrogen-bond acceptors (Lipinski definition) is 7. The van der Waals surface area contributed by atoms with Crippen LogP contribution in [-0.2, 0) is 0 Å². The SMILES string of the molecule is CC(=NC1CC2(CCN(C)CC2)C1)/C(=C\N)c1cc(OC(CO)c2ccccn2)c2c(Cl)cnn2c1. The van der Waals surface area contributed by atoms with Crippen LogP contribution < -0.4 is 10.5 Å². The lowest BCUT2D eigenvalue weighted by Crippen LogP contribution is -2.47. The van der Waals surface area contributed by atoms with E-state index in [9.17, 15) is 5.11 Å². The fourth-order valence-corrected chi connectivity index (χ4v) is 5.72. The second kappa shape index (κ2) is 10.2. The standard InChI is InChI=1S/C27H33ClN6O2/c1-18(32-20-12-27(13-20)6-9-33(2)10-7-27)21(14-29)19-11-24(26-22(28)15-31-34(26)16-19)36-25(17-35)23-5-3-4-8-30-23/h3-5,8,11,14-16,20,25,35H,6-7,9-10,12-13,17,29H2,1-2H3/b21-14+,32-18?. The van der Waals surface area contributed by atoms with Gasteiger partial charge in [-0.2, -0.15) is 5.10 Å². The summed E-state index contributed by atoms with van der Waals surface area (Å²) in [5, 5.41) is 14.9. The summed E-state index contributed by atoms with van der Waals surface area (Å²) in [6, 6.07) is 7.70. The fraction of sp³-hybridized carbons (Fsp3) is 0.444. The molecule has 1 aliphatic carbocycles. The number of hydrogen-bond donors (Lipinski definition) is 2. The van der Waals surface area contributed by atoms with E-state index in [0.717, 1.165) is 29.7 Å². The maximum Gasteiger partial charge on any atom is 0.163 e. The number of likely N-dealkylation sites (tertiary alicyclic amines) is 1. The Morgan fingerprint density at radius 3 is 2.81 bits per heavy atom. The van der Waals surface area contributed by atoms with Crippen LogP contribution in [0, 0.1) is 5.41 Å². The molecule has 1 spiro atoms. The monoisotopic (exact) mass is 508 g/mol. The van der Waals surface area contributed by atoms with Gasteiger partial charge in [-0.25, -0.2) is 4.52 Å². The normalized spacial score (nSPS) is 20.0. The summed E-state index contributed by atoms with van der Waals surface area (Å²) in [6.07, 6.45) is 10.8. The number of fused-ring (bicyclic) bond motifs is 1. The zero-order valence-corrected chi connectivity index (χ0v) is 21.5. The Morgan fingerprint density at radius 2 is 2.14 bits per heavy atom. The van der Waals surface area contributed by atoms with Crippen LogP contribution in [0.5, 0.6) is 5.75 Å². The van der Waals surface area contributed by atoms with Crippen LogP contribution in [0.3, 0.4) is 0 Å². The van der Waals surface area contributed by atoms with Crippen molar-refractivity contribution < 1.29 is 9.84 Å². The molecule has 36 heavy (non-hydrogen) atoms. The first kappa shape index (κ1) is 24.7. The number of nitrogens with zero attached hydrogens (tertiary/aromatic N) is 5. The second-order valence-electron chi connectivity index (χ2n) is 10.1. The number of ether oxygens (including phenoxy) is 1. The van der Waals surface area contributed by atoms with E-state index >= 15 is 0 Å². The van der Waals surface area contributed by atoms with E-state index in [1.165, 1.54) is 25.9 Å². The number of halogens is 1. The summed E-state index contributed by atoms with van der Waals surface area (Å²) in [7, 11) is 2.20. The number of aliphatic hydroxyl groups excluding tert-OH is 1. The molecule has 1 unspecified atom stereocenters. The average molecular weight is 509 g/mol. The lowest BCUT2D eigenvalue weighted by molar-refractivity contribution is 0.0273. The lowest BCUT2D eigenvalue weighted by Gasteiger charge is -2.50.